The molecular formula is C10H7N3O2. The van der Waals surface area contributed by atoms with Crippen molar-refractivity contribution in [3.8, 4) is 0 Å². The van der Waals surface area contributed by atoms with Gasteiger partial charge in [-0.3, -0.25) is 4.79 Å². The molecule has 3 rings (SSSR count). The molecule has 15 heavy (non-hydrogen) atoms. The highest BCUT2D eigenvalue weighted by Crippen LogP contribution is 2.22. The number of hydrogen-bond acceptors (Lipinski definition) is 4. The Balaban J connectivity index is 2.63. The summed E-state index contributed by atoms with van der Waals surface area (Å²) in [6.45, 7) is 1.87. The second-order valence-corrected chi connectivity index (χ2v) is 3.32. The summed E-state index contributed by atoms with van der Waals surface area (Å²) in [6.07, 6.45) is 1.36. The minimum atomic E-state index is -0.282. The number of aromatic nitrogens is 3. The van der Waals surface area contributed by atoms with Gasteiger partial charge in [0.15, 0.2) is 0 Å². The third kappa shape index (κ3) is 1.06. The molecular weight excluding hydrogens is 194 g/mol. The van der Waals surface area contributed by atoms with Gasteiger partial charge in [0.1, 0.15) is 5.52 Å². The van der Waals surface area contributed by atoms with E-state index in [0.717, 1.165) is 11.1 Å². The molecule has 3 aromatic heterocycles. The summed E-state index contributed by atoms with van der Waals surface area (Å²) in [5.74, 6) is 0. The zero-order chi connectivity index (χ0) is 10.4. The highest BCUT2D eigenvalue weighted by atomic mass is 16.3. The number of aryl methyl sites for hydroxylation is 1. The molecule has 0 aromatic carbocycles. The van der Waals surface area contributed by atoms with E-state index in [-0.39, 0.29) is 11.1 Å². The molecule has 0 radical (unpaired) electrons. The lowest BCUT2D eigenvalue weighted by molar-refractivity contribution is 0.645. The molecule has 0 saturated carbocycles. The lowest BCUT2D eigenvalue weighted by Crippen LogP contribution is -2.03. The van der Waals surface area contributed by atoms with Crippen LogP contribution in [0.2, 0.25) is 0 Å². The van der Waals surface area contributed by atoms with Crippen molar-refractivity contribution in [2.24, 2.45) is 0 Å². The molecule has 1 N–H and O–H groups in total. The topological polar surface area (TPSA) is 71.8 Å². The smallest absolute Gasteiger partial charge is 0.294 e. The highest BCUT2D eigenvalue weighted by Gasteiger charge is 2.11. The Labute approximate surface area is 83.8 Å². The molecule has 0 fully saturated rings. The Hall–Kier alpha value is -2.17. The maximum atomic E-state index is 11.4. The highest BCUT2D eigenvalue weighted by molar-refractivity contribution is 6.00. The van der Waals surface area contributed by atoms with Crippen molar-refractivity contribution in [1.82, 2.24) is 15.0 Å². The van der Waals surface area contributed by atoms with Crippen LogP contribution in [0.3, 0.4) is 0 Å². The van der Waals surface area contributed by atoms with E-state index in [2.05, 4.69) is 15.0 Å². The maximum Gasteiger partial charge on any atom is 0.294 e. The first-order valence-corrected chi connectivity index (χ1v) is 4.49. The SMILES string of the molecule is Cc1ccc2c(n1)oc1c(=O)[nH]cnc12. The zero-order valence-electron chi connectivity index (χ0n) is 7.94. The largest absolute Gasteiger partial charge is 0.430 e. The van der Waals surface area contributed by atoms with Gasteiger partial charge in [-0.1, -0.05) is 0 Å². The summed E-state index contributed by atoms with van der Waals surface area (Å²) in [7, 11) is 0. The standard InChI is InChI=1S/C10H7N3O2/c1-5-2-3-6-7-8(15-10(6)13-5)9(14)12-4-11-7/h2-4H,1H3,(H,11,12,14). The molecule has 0 unspecified atom stereocenters. The van der Waals surface area contributed by atoms with Crippen LogP contribution in [-0.2, 0) is 0 Å². The fourth-order valence-electron chi connectivity index (χ4n) is 1.56. The van der Waals surface area contributed by atoms with Gasteiger partial charge < -0.3 is 9.40 Å². The number of nitrogens with zero attached hydrogens (tertiary/aromatic N) is 2. The molecule has 0 aliphatic carbocycles. The first-order chi connectivity index (χ1) is 7.25. The van der Waals surface area contributed by atoms with Crippen molar-refractivity contribution in [1.29, 1.82) is 0 Å². The number of H-pyrrole nitrogens is 1. The lowest BCUT2D eigenvalue weighted by Gasteiger charge is -1.89. The minimum absolute atomic E-state index is 0.227. The molecule has 0 spiro atoms. The molecule has 5 nitrogen and oxygen atoms in total. The van der Waals surface area contributed by atoms with Crippen LogP contribution in [0.5, 0.6) is 0 Å². The van der Waals surface area contributed by atoms with Crippen LogP contribution >= 0.6 is 0 Å². The fourth-order valence-corrected chi connectivity index (χ4v) is 1.56. The Morgan fingerprint density at radius 3 is 3.13 bits per heavy atom. The third-order valence-electron chi connectivity index (χ3n) is 2.26. The van der Waals surface area contributed by atoms with Gasteiger partial charge in [0, 0.05) is 5.69 Å². The van der Waals surface area contributed by atoms with E-state index >= 15 is 0 Å². The summed E-state index contributed by atoms with van der Waals surface area (Å²) in [5.41, 5.74) is 1.80. The van der Waals surface area contributed by atoms with E-state index in [4.69, 9.17) is 4.42 Å². The second kappa shape index (κ2) is 2.66. The van der Waals surface area contributed by atoms with Crippen molar-refractivity contribution in [2.45, 2.75) is 6.92 Å². The van der Waals surface area contributed by atoms with Gasteiger partial charge in [-0.25, -0.2) is 9.97 Å². The van der Waals surface area contributed by atoms with Crippen molar-refractivity contribution in [3.05, 3.63) is 34.5 Å². The number of hydrogen-bond donors (Lipinski definition) is 1. The Bertz CT molecular complexity index is 711. The van der Waals surface area contributed by atoms with E-state index < -0.39 is 0 Å². The van der Waals surface area contributed by atoms with E-state index in [1.165, 1.54) is 6.33 Å². The molecule has 0 aliphatic heterocycles. The number of rotatable bonds is 0. The molecule has 74 valence electrons. The van der Waals surface area contributed by atoms with Crippen molar-refractivity contribution in [2.75, 3.05) is 0 Å². The predicted octanol–water partition coefficient (Wildman–Crippen LogP) is 1.37. The van der Waals surface area contributed by atoms with E-state index in [1.807, 2.05) is 19.1 Å². The van der Waals surface area contributed by atoms with E-state index in [1.54, 1.807) is 0 Å². The molecule has 0 saturated heterocycles. The summed E-state index contributed by atoms with van der Waals surface area (Å²) < 4.78 is 5.35. The molecule has 5 heteroatoms. The minimum Gasteiger partial charge on any atom is -0.430 e. The Kier molecular flexibility index (Phi) is 1.45. The lowest BCUT2D eigenvalue weighted by atomic mass is 10.3. The predicted molar refractivity (Wildman–Crippen MR) is 54.7 cm³/mol. The van der Waals surface area contributed by atoms with Crippen molar-refractivity contribution in [3.63, 3.8) is 0 Å². The normalized spacial score (nSPS) is 11.3. The van der Waals surface area contributed by atoms with Crippen LogP contribution in [0.15, 0.2) is 27.7 Å². The van der Waals surface area contributed by atoms with Crippen LogP contribution in [0.4, 0.5) is 0 Å². The number of aromatic amines is 1. The van der Waals surface area contributed by atoms with Crippen molar-refractivity contribution >= 4 is 22.2 Å². The molecule has 3 aromatic rings. The van der Waals surface area contributed by atoms with Crippen molar-refractivity contribution < 1.29 is 4.42 Å². The number of fused-ring (bicyclic) bond motifs is 3. The van der Waals surface area contributed by atoms with E-state index in [0.29, 0.717) is 11.2 Å². The van der Waals surface area contributed by atoms with Gasteiger partial charge in [0.25, 0.3) is 5.56 Å². The van der Waals surface area contributed by atoms with Gasteiger partial charge in [0.05, 0.1) is 11.7 Å². The second-order valence-electron chi connectivity index (χ2n) is 3.32. The van der Waals surface area contributed by atoms with Crippen LogP contribution < -0.4 is 5.56 Å². The molecule has 0 atom stereocenters. The average Bonchev–Trinajstić information content (AvgIpc) is 2.57. The third-order valence-corrected chi connectivity index (χ3v) is 2.26. The van der Waals surface area contributed by atoms with Gasteiger partial charge >= 0.3 is 0 Å². The molecule has 3 heterocycles. The first-order valence-electron chi connectivity index (χ1n) is 4.49. The van der Waals surface area contributed by atoms with E-state index in [9.17, 15) is 4.79 Å². The zero-order valence-corrected chi connectivity index (χ0v) is 7.94. The quantitative estimate of drug-likeness (QED) is 0.596. The van der Waals surface area contributed by atoms with Crippen LogP contribution in [0.1, 0.15) is 5.69 Å². The first kappa shape index (κ1) is 8.16. The molecule has 0 amide bonds. The molecule has 0 bridgehead atoms. The van der Waals surface area contributed by atoms with Gasteiger partial charge in [-0.15, -0.1) is 0 Å². The van der Waals surface area contributed by atoms with Crippen LogP contribution in [0.25, 0.3) is 22.2 Å². The summed E-state index contributed by atoms with van der Waals surface area (Å²) in [6, 6.07) is 3.72. The maximum absolute atomic E-state index is 11.4. The van der Waals surface area contributed by atoms with Crippen LogP contribution in [-0.4, -0.2) is 15.0 Å². The summed E-state index contributed by atoms with van der Waals surface area (Å²) in [4.78, 5) is 22.1. The van der Waals surface area contributed by atoms with Gasteiger partial charge in [0.2, 0.25) is 11.3 Å². The summed E-state index contributed by atoms with van der Waals surface area (Å²) >= 11 is 0. The Morgan fingerprint density at radius 2 is 2.27 bits per heavy atom. The van der Waals surface area contributed by atoms with Gasteiger partial charge in [-0.2, -0.15) is 0 Å². The number of furan rings is 1. The number of pyridine rings is 1. The van der Waals surface area contributed by atoms with Crippen LogP contribution in [0, 0.1) is 6.92 Å². The summed E-state index contributed by atoms with van der Waals surface area (Å²) in [5, 5.41) is 0.765. The molecule has 0 aliphatic rings. The average molecular weight is 201 g/mol. The number of nitrogens with one attached hydrogen (secondary N) is 1. The fraction of sp³-hybridized carbons (Fsp3) is 0.100. The van der Waals surface area contributed by atoms with Gasteiger partial charge in [-0.05, 0) is 19.1 Å². The monoisotopic (exact) mass is 201 g/mol. The Morgan fingerprint density at radius 1 is 1.40 bits per heavy atom.